The van der Waals surface area contributed by atoms with E-state index in [1.165, 1.54) is 5.39 Å². The van der Waals surface area contributed by atoms with Crippen molar-refractivity contribution in [1.82, 2.24) is 23.9 Å². The summed E-state index contributed by atoms with van der Waals surface area (Å²) >= 11 is 6.39. The fourth-order valence-electron chi connectivity index (χ4n) is 5.43. The Balaban J connectivity index is 1.33. The summed E-state index contributed by atoms with van der Waals surface area (Å²) < 4.78 is 4.30. The molecule has 1 amide bonds. The fourth-order valence-corrected chi connectivity index (χ4v) is 5.66. The molecular weight excluding hydrogens is 506 g/mol. The van der Waals surface area contributed by atoms with Crippen molar-refractivity contribution in [1.29, 1.82) is 0 Å². The minimum Gasteiger partial charge on any atom is -0.347 e. The average Bonchev–Trinajstić information content (AvgIpc) is 3.59. The number of likely N-dealkylation sites (N-methyl/N-ethyl adjacent to an activating group) is 1. The van der Waals surface area contributed by atoms with Gasteiger partial charge in [-0.1, -0.05) is 72.3 Å². The SMILES string of the molecule is CN1CCN(C(=O)c2cn(Cc3cncn3CCc3ccccc3Cl)cc2-c2cccc3ccccc23)CC1. The third-order valence-electron chi connectivity index (χ3n) is 7.70. The zero-order valence-electron chi connectivity index (χ0n) is 22.1. The first-order valence-electron chi connectivity index (χ1n) is 13.4. The Morgan fingerprint density at radius 2 is 1.67 bits per heavy atom. The van der Waals surface area contributed by atoms with E-state index < -0.39 is 0 Å². The largest absolute Gasteiger partial charge is 0.347 e. The van der Waals surface area contributed by atoms with Gasteiger partial charge >= 0.3 is 0 Å². The second-order valence-corrected chi connectivity index (χ2v) is 10.7. The van der Waals surface area contributed by atoms with Gasteiger partial charge in [0.05, 0.1) is 24.1 Å². The number of rotatable bonds is 7. The van der Waals surface area contributed by atoms with Gasteiger partial charge in [0.15, 0.2) is 0 Å². The molecule has 0 unspecified atom stereocenters. The Kier molecular flexibility index (Phi) is 7.22. The first kappa shape index (κ1) is 25.4. The molecule has 6 rings (SSSR count). The summed E-state index contributed by atoms with van der Waals surface area (Å²) in [6.07, 6.45) is 8.74. The van der Waals surface area contributed by atoms with E-state index in [9.17, 15) is 4.79 Å². The minimum absolute atomic E-state index is 0.0945. The summed E-state index contributed by atoms with van der Waals surface area (Å²) in [6.45, 7) is 4.66. The van der Waals surface area contributed by atoms with Gasteiger partial charge < -0.3 is 18.9 Å². The monoisotopic (exact) mass is 537 g/mol. The number of aryl methyl sites for hydroxylation is 2. The molecular formula is C32H32ClN5O. The standard InChI is InChI=1S/C32H32ClN5O/c1-35-15-17-37(18-16-35)32(39)30-22-36(21-29(30)28-11-6-9-24-7-2-4-10-27(24)28)20-26-19-34-23-38(26)14-13-25-8-3-5-12-31(25)33/h2-12,19,21-23H,13-18,20H2,1H3. The molecule has 2 aromatic heterocycles. The van der Waals surface area contributed by atoms with Crippen LogP contribution in [0.25, 0.3) is 21.9 Å². The van der Waals surface area contributed by atoms with Crippen LogP contribution >= 0.6 is 11.6 Å². The number of nitrogens with zero attached hydrogens (tertiary/aromatic N) is 5. The Bertz CT molecular complexity index is 1610. The highest BCUT2D eigenvalue weighted by atomic mass is 35.5. The van der Waals surface area contributed by atoms with Crippen molar-refractivity contribution in [2.75, 3.05) is 33.2 Å². The van der Waals surface area contributed by atoms with E-state index >= 15 is 0 Å². The number of hydrogen-bond acceptors (Lipinski definition) is 3. The molecule has 5 aromatic rings. The Labute approximate surface area is 234 Å². The number of fused-ring (bicyclic) bond motifs is 1. The van der Waals surface area contributed by atoms with Crippen LogP contribution in [0.5, 0.6) is 0 Å². The predicted molar refractivity (Wildman–Crippen MR) is 157 cm³/mol. The van der Waals surface area contributed by atoms with Crippen LogP contribution < -0.4 is 0 Å². The molecule has 1 fully saturated rings. The third-order valence-corrected chi connectivity index (χ3v) is 8.07. The summed E-state index contributed by atoms with van der Waals surface area (Å²) in [5.41, 5.74) is 5.01. The smallest absolute Gasteiger partial charge is 0.256 e. The molecule has 0 N–H and O–H groups in total. The molecule has 0 radical (unpaired) electrons. The van der Waals surface area contributed by atoms with E-state index in [0.29, 0.717) is 6.54 Å². The second kappa shape index (κ2) is 11.1. The molecule has 0 spiro atoms. The maximum absolute atomic E-state index is 13.9. The van der Waals surface area contributed by atoms with Gasteiger partial charge in [-0.15, -0.1) is 0 Å². The summed E-state index contributed by atoms with van der Waals surface area (Å²) in [7, 11) is 2.11. The van der Waals surface area contributed by atoms with Gasteiger partial charge in [0.2, 0.25) is 0 Å². The topological polar surface area (TPSA) is 46.3 Å². The van der Waals surface area contributed by atoms with E-state index in [0.717, 1.165) is 77.5 Å². The Morgan fingerprint density at radius 3 is 2.51 bits per heavy atom. The van der Waals surface area contributed by atoms with E-state index in [-0.39, 0.29) is 5.91 Å². The van der Waals surface area contributed by atoms with Crippen molar-refractivity contribution in [2.24, 2.45) is 0 Å². The number of benzene rings is 3. The number of aromatic nitrogens is 3. The van der Waals surface area contributed by atoms with E-state index in [1.54, 1.807) is 0 Å². The van der Waals surface area contributed by atoms with Crippen LogP contribution in [0.2, 0.25) is 5.02 Å². The molecule has 3 heterocycles. The van der Waals surface area contributed by atoms with E-state index in [2.05, 4.69) is 80.8 Å². The number of carbonyl (C=O) groups excluding carboxylic acids is 1. The number of halogens is 1. The van der Waals surface area contributed by atoms with Gasteiger partial charge in [-0.2, -0.15) is 0 Å². The van der Waals surface area contributed by atoms with Crippen molar-refractivity contribution in [3.63, 3.8) is 0 Å². The lowest BCUT2D eigenvalue weighted by Gasteiger charge is -2.32. The molecule has 1 aliphatic heterocycles. The van der Waals surface area contributed by atoms with Gasteiger partial charge in [-0.3, -0.25) is 4.79 Å². The van der Waals surface area contributed by atoms with Crippen LogP contribution in [-0.4, -0.2) is 63.1 Å². The van der Waals surface area contributed by atoms with E-state index in [4.69, 9.17) is 11.6 Å². The van der Waals surface area contributed by atoms with Crippen LogP contribution in [0.4, 0.5) is 0 Å². The molecule has 0 atom stereocenters. The van der Waals surface area contributed by atoms with Crippen molar-refractivity contribution >= 4 is 28.3 Å². The quantitative estimate of drug-likeness (QED) is 0.262. The molecule has 7 heteroatoms. The summed E-state index contributed by atoms with van der Waals surface area (Å²) in [4.78, 5) is 22.6. The molecule has 0 saturated carbocycles. The summed E-state index contributed by atoms with van der Waals surface area (Å²) in [5, 5.41) is 3.10. The number of hydrogen-bond donors (Lipinski definition) is 0. The Morgan fingerprint density at radius 1 is 0.897 bits per heavy atom. The first-order chi connectivity index (χ1) is 19.1. The van der Waals surface area contributed by atoms with Crippen molar-refractivity contribution in [2.45, 2.75) is 19.5 Å². The van der Waals surface area contributed by atoms with Gasteiger partial charge in [-0.25, -0.2) is 4.98 Å². The van der Waals surface area contributed by atoms with Gasteiger partial charge in [0, 0.05) is 61.9 Å². The zero-order chi connectivity index (χ0) is 26.8. The average molecular weight is 538 g/mol. The first-order valence-corrected chi connectivity index (χ1v) is 13.8. The molecule has 0 aliphatic carbocycles. The summed E-state index contributed by atoms with van der Waals surface area (Å²) in [5.74, 6) is 0.0945. The highest BCUT2D eigenvalue weighted by Crippen LogP contribution is 2.33. The summed E-state index contributed by atoms with van der Waals surface area (Å²) in [6, 6.07) is 22.6. The van der Waals surface area contributed by atoms with Crippen molar-refractivity contribution < 1.29 is 4.79 Å². The fraction of sp³-hybridized carbons (Fsp3) is 0.250. The molecule has 198 valence electrons. The van der Waals surface area contributed by atoms with Crippen molar-refractivity contribution in [3.8, 4) is 11.1 Å². The van der Waals surface area contributed by atoms with Crippen molar-refractivity contribution in [3.05, 3.63) is 113 Å². The van der Waals surface area contributed by atoms with Crippen LogP contribution in [0.15, 0.2) is 91.6 Å². The predicted octanol–water partition coefficient (Wildman–Crippen LogP) is 5.84. The number of amides is 1. The van der Waals surface area contributed by atoms with Gasteiger partial charge in [0.1, 0.15) is 0 Å². The van der Waals surface area contributed by atoms with Crippen LogP contribution in [-0.2, 0) is 19.5 Å². The highest BCUT2D eigenvalue weighted by molar-refractivity contribution is 6.31. The molecule has 6 nitrogen and oxygen atoms in total. The van der Waals surface area contributed by atoms with Gasteiger partial charge in [-0.05, 0) is 41.4 Å². The Hall–Kier alpha value is -3.87. The van der Waals surface area contributed by atoms with E-state index in [1.807, 2.05) is 41.8 Å². The maximum Gasteiger partial charge on any atom is 0.256 e. The van der Waals surface area contributed by atoms with Crippen LogP contribution in [0, 0.1) is 0 Å². The number of carbonyl (C=O) groups is 1. The third kappa shape index (κ3) is 5.35. The lowest BCUT2D eigenvalue weighted by atomic mass is 9.97. The molecule has 39 heavy (non-hydrogen) atoms. The second-order valence-electron chi connectivity index (χ2n) is 10.3. The van der Waals surface area contributed by atoms with Gasteiger partial charge in [0.25, 0.3) is 5.91 Å². The maximum atomic E-state index is 13.9. The van der Waals surface area contributed by atoms with Crippen LogP contribution in [0.1, 0.15) is 21.6 Å². The minimum atomic E-state index is 0.0945. The number of piperazine rings is 1. The lowest BCUT2D eigenvalue weighted by Crippen LogP contribution is -2.47. The zero-order valence-corrected chi connectivity index (χ0v) is 22.9. The normalized spacial score (nSPS) is 14.3. The molecule has 3 aromatic carbocycles. The molecule has 1 saturated heterocycles. The molecule has 1 aliphatic rings. The highest BCUT2D eigenvalue weighted by Gasteiger charge is 2.25. The molecule has 0 bridgehead atoms. The lowest BCUT2D eigenvalue weighted by molar-refractivity contribution is 0.0665. The number of imidazole rings is 1. The van der Waals surface area contributed by atoms with Crippen LogP contribution in [0.3, 0.4) is 0 Å².